The molecule has 0 aromatic heterocycles. The minimum Gasteiger partial charge on any atom is -0.598 e. The molecule has 1 heterocycles. The van der Waals surface area contributed by atoms with E-state index in [1.807, 2.05) is 26.8 Å². The van der Waals surface area contributed by atoms with E-state index < -0.39 is 11.4 Å². The van der Waals surface area contributed by atoms with Gasteiger partial charge >= 0.3 is 0 Å². The number of hydrogen-bond donors (Lipinski definition) is 2. The van der Waals surface area contributed by atoms with E-state index in [9.17, 15) is 4.55 Å². The average molecular weight is 433 g/mol. The average Bonchev–Trinajstić information content (AvgIpc) is 2.59. The number of benzene rings is 1. The summed E-state index contributed by atoms with van der Waals surface area (Å²) in [6.07, 6.45) is 3.64. The molecule has 7 heteroatoms. The van der Waals surface area contributed by atoms with Crippen molar-refractivity contribution in [1.29, 1.82) is 0 Å². The molecule has 0 bridgehead atoms. The summed E-state index contributed by atoms with van der Waals surface area (Å²) in [6, 6.07) is 3.83. The first-order valence-corrected chi connectivity index (χ1v) is 11.2. The van der Waals surface area contributed by atoms with Gasteiger partial charge in [0.15, 0.2) is 0 Å². The Hall–Kier alpha value is -0.430. The predicted octanol–water partition coefficient (Wildman–Crippen LogP) is 5.04. The molecular weight excluding hydrogens is 403 g/mol. The predicted molar refractivity (Wildman–Crippen MR) is 116 cm³/mol. The Balaban J connectivity index is 2.45. The topological polar surface area (TPSA) is 56.3 Å². The number of ether oxygens (including phenoxy) is 1. The van der Waals surface area contributed by atoms with Crippen molar-refractivity contribution in [3.63, 3.8) is 0 Å². The van der Waals surface area contributed by atoms with Crippen LogP contribution in [0.3, 0.4) is 0 Å². The van der Waals surface area contributed by atoms with Crippen molar-refractivity contribution in [3.8, 4) is 5.75 Å². The van der Waals surface area contributed by atoms with Crippen LogP contribution in [0.2, 0.25) is 10.0 Å². The summed E-state index contributed by atoms with van der Waals surface area (Å²) >= 11 is 11.3. The number of halogens is 2. The quantitative estimate of drug-likeness (QED) is 0.467. The molecule has 0 amide bonds. The summed E-state index contributed by atoms with van der Waals surface area (Å²) in [7, 11) is 0. The highest BCUT2D eigenvalue weighted by Gasteiger charge is 2.36. The summed E-state index contributed by atoms with van der Waals surface area (Å²) in [5.41, 5.74) is 0.892. The van der Waals surface area contributed by atoms with Gasteiger partial charge < -0.3 is 14.6 Å². The Morgan fingerprint density at radius 3 is 2.67 bits per heavy atom. The molecule has 1 fully saturated rings. The summed E-state index contributed by atoms with van der Waals surface area (Å²) in [4.78, 5) is 0. The molecule has 0 saturated carbocycles. The molecule has 0 radical (unpaired) electrons. The summed E-state index contributed by atoms with van der Waals surface area (Å²) in [5, 5.41) is 4.38. The van der Waals surface area contributed by atoms with Crippen LogP contribution < -0.4 is 14.8 Å². The molecule has 1 aromatic rings. The van der Waals surface area contributed by atoms with Gasteiger partial charge in [-0.05, 0) is 59.1 Å². The highest BCUT2D eigenvalue weighted by Crippen LogP contribution is 2.40. The lowest BCUT2D eigenvalue weighted by atomic mass is 9.83. The van der Waals surface area contributed by atoms with Crippen LogP contribution in [0.4, 0.5) is 0 Å². The molecule has 1 unspecified atom stereocenters. The van der Waals surface area contributed by atoms with Crippen LogP contribution in [0.1, 0.15) is 52.1 Å². The standard InChI is InChI=1S/C20H30Cl2N2O2S/c1-6-9-26-18-12-17(22)16(21)11-15(18)19(24-27(25)20(3,4)5)14-7-8-23-13(2)10-14/h6,11-14,19,23-24H,1,7-10H2,2-5H3/t13-,14+,19+,27?/m0/s1. The molecule has 1 saturated heterocycles. The number of piperidine rings is 1. The molecule has 0 aliphatic carbocycles. The first kappa shape index (κ1) is 22.9. The zero-order chi connectivity index (χ0) is 20.2. The van der Waals surface area contributed by atoms with Crippen molar-refractivity contribution < 1.29 is 9.29 Å². The van der Waals surface area contributed by atoms with Crippen LogP contribution in [0, 0.1) is 5.92 Å². The van der Waals surface area contributed by atoms with Gasteiger partial charge in [0.2, 0.25) is 0 Å². The Bertz CT molecular complexity index is 652. The fraction of sp³-hybridized carbons (Fsp3) is 0.600. The van der Waals surface area contributed by atoms with E-state index in [2.05, 4.69) is 23.5 Å². The Morgan fingerprint density at radius 1 is 1.41 bits per heavy atom. The van der Waals surface area contributed by atoms with Crippen molar-refractivity contribution in [2.24, 2.45) is 5.92 Å². The lowest BCUT2D eigenvalue weighted by Crippen LogP contribution is -2.46. The largest absolute Gasteiger partial charge is 0.598 e. The number of hydrogen-bond acceptors (Lipinski definition) is 4. The van der Waals surface area contributed by atoms with Crippen LogP contribution in [0.25, 0.3) is 0 Å². The van der Waals surface area contributed by atoms with Crippen molar-refractivity contribution >= 4 is 34.6 Å². The van der Waals surface area contributed by atoms with E-state index >= 15 is 0 Å². The van der Waals surface area contributed by atoms with Crippen LogP contribution in [-0.4, -0.2) is 28.5 Å². The smallest absolute Gasteiger partial charge is 0.136 e. The Morgan fingerprint density at radius 2 is 2.07 bits per heavy atom. The van der Waals surface area contributed by atoms with Crippen LogP contribution in [0.5, 0.6) is 5.75 Å². The Kier molecular flexibility index (Phi) is 8.34. The minimum absolute atomic E-state index is 0.149. The van der Waals surface area contributed by atoms with Crippen molar-refractivity contribution in [3.05, 3.63) is 40.4 Å². The zero-order valence-electron chi connectivity index (χ0n) is 16.5. The van der Waals surface area contributed by atoms with E-state index in [0.717, 1.165) is 24.9 Å². The van der Waals surface area contributed by atoms with E-state index in [0.29, 0.717) is 34.4 Å². The van der Waals surface area contributed by atoms with Gasteiger partial charge in [-0.15, -0.1) is 4.72 Å². The van der Waals surface area contributed by atoms with Gasteiger partial charge in [-0.25, -0.2) is 0 Å². The lowest BCUT2D eigenvalue weighted by molar-refractivity contribution is 0.258. The highest BCUT2D eigenvalue weighted by molar-refractivity contribution is 7.90. The normalized spacial score (nSPS) is 22.9. The van der Waals surface area contributed by atoms with Crippen LogP contribution in [-0.2, 0) is 11.4 Å². The maximum Gasteiger partial charge on any atom is 0.136 e. The van der Waals surface area contributed by atoms with E-state index in [-0.39, 0.29) is 10.8 Å². The molecule has 1 aliphatic heterocycles. The van der Waals surface area contributed by atoms with Gasteiger partial charge in [-0.2, -0.15) is 0 Å². The molecule has 4 nitrogen and oxygen atoms in total. The summed E-state index contributed by atoms with van der Waals surface area (Å²) in [6.45, 7) is 13.1. The van der Waals surface area contributed by atoms with Crippen LogP contribution in [0.15, 0.2) is 24.8 Å². The van der Waals surface area contributed by atoms with Gasteiger partial charge in [-0.3, -0.25) is 0 Å². The first-order valence-electron chi connectivity index (χ1n) is 9.27. The third-order valence-corrected chi connectivity index (χ3v) is 6.97. The van der Waals surface area contributed by atoms with Crippen molar-refractivity contribution in [2.45, 2.75) is 57.4 Å². The van der Waals surface area contributed by atoms with E-state index in [4.69, 9.17) is 27.9 Å². The molecular formula is C20H30Cl2N2O2S. The van der Waals surface area contributed by atoms with Gasteiger partial charge in [-0.1, -0.05) is 35.9 Å². The molecule has 2 rings (SSSR count). The molecule has 0 spiro atoms. The second-order valence-corrected chi connectivity index (χ2v) is 10.8. The third-order valence-electron chi connectivity index (χ3n) is 4.67. The zero-order valence-corrected chi connectivity index (χ0v) is 18.8. The van der Waals surface area contributed by atoms with E-state index in [1.54, 1.807) is 12.1 Å². The number of nitrogens with one attached hydrogen (secondary N) is 2. The SMILES string of the molecule is C=CCOc1cc(Cl)c(Cl)cc1[C@H](N[S+]([O-])C(C)(C)C)[C@@H]1CCN[C@@H](C)C1. The highest BCUT2D eigenvalue weighted by atomic mass is 35.5. The molecule has 1 aliphatic rings. The second kappa shape index (κ2) is 9.86. The van der Waals surface area contributed by atoms with Crippen LogP contribution >= 0.6 is 23.2 Å². The van der Waals surface area contributed by atoms with Gasteiger partial charge in [0.1, 0.15) is 17.1 Å². The fourth-order valence-corrected chi connectivity index (χ4v) is 4.47. The lowest BCUT2D eigenvalue weighted by Gasteiger charge is -2.37. The van der Waals surface area contributed by atoms with E-state index in [1.165, 1.54) is 0 Å². The van der Waals surface area contributed by atoms with Gasteiger partial charge in [0, 0.05) is 29.0 Å². The van der Waals surface area contributed by atoms with Crippen molar-refractivity contribution in [2.75, 3.05) is 13.2 Å². The van der Waals surface area contributed by atoms with Gasteiger partial charge in [0.05, 0.1) is 16.1 Å². The molecule has 2 N–H and O–H groups in total. The van der Waals surface area contributed by atoms with Crippen molar-refractivity contribution in [1.82, 2.24) is 10.0 Å². The molecule has 152 valence electrons. The molecule has 27 heavy (non-hydrogen) atoms. The maximum atomic E-state index is 12.9. The first-order chi connectivity index (χ1) is 12.6. The molecule has 4 atom stereocenters. The van der Waals surface area contributed by atoms with Gasteiger partial charge in [0.25, 0.3) is 0 Å². The summed E-state index contributed by atoms with van der Waals surface area (Å²) < 4.78 is 21.8. The molecule has 1 aromatic carbocycles. The fourth-order valence-electron chi connectivity index (χ4n) is 3.24. The monoisotopic (exact) mass is 432 g/mol. The minimum atomic E-state index is -1.23. The third kappa shape index (κ3) is 6.28. The second-order valence-electron chi connectivity index (χ2n) is 8.02. The number of rotatable bonds is 7. The Labute approximate surface area is 176 Å². The summed E-state index contributed by atoms with van der Waals surface area (Å²) in [5.74, 6) is 0.953. The maximum absolute atomic E-state index is 12.9.